The van der Waals surface area contributed by atoms with Gasteiger partial charge in [-0.2, -0.15) is 4.98 Å². The third-order valence-electron chi connectivity index (χ3n) is 3.26. The van der Waals surface area contributed by atoms with Crippen LogP contribution in [0.1, 0.15) is 29.7 Å². The third kappa shape index (κ3) is 2.78. The maximum absolute atomic E-state index is 9.48. The number of nitrogens with one attached hydrogen (secondary N) is 1. The molecule has 2 N–H and O–H groups in total. The van der Waals surface area contributed by atoms with Crippen molar-refractivity contribution in [1.29, 1.82) is 0 Å². The molecule has 106 valence electrons. The summed E-state index contributed by atoms with van der Waals surface area (Å²) in [5.41, 5.74) is 0.984. The van der Waals surface area contributed by atoms with E-state index in [1.54, 1.807) is 19.4 Å². The average Bonchev–Trinajstić information content (AvgIpc) is 3.09. The SMILES string of the molecule is COc1ccc(Cc2noc([C@H]3C[C@@H](O)CN3)n2)cn1. The van der Waals surface area contributed by atoms with Crippen LogP contribution in [0.15, 0.2) is 22.9 Å². The normalized spacial score (nSPS) is 22.1. The lowest BCUT2D eigenvalue weighted by Crippen LogP contribution is -2.15. The van der Waals surface area contributed by atoms with E-state index in [1.165, 1.54) is 0 Å². The fraction of sp³-hybridized carbons (Fsp3) is 0.462. The van der Waals surface area contributed by atoms with Crippen LogP contribution in [0.2, 0.25) is 0 Å². The second kappa shape index (κ2) is 5.56. The van der Waals surface area contributed by atoms with Gasteiger partial charge in [0, 0.05) is 25.2 Å². The molecule has 0 aromatic carbocycles. The molecule has 1 aliphatic heterocycles. The van der Waals surface area contributed by atoms with Crippen LogP contribution < -0.4 is 10.1 Å². The second-order valence-electron chi connectivity index (χ2n) is 4.78. The molecule has 0 saturated carbocycles. The van der Waals surface area contributed by atoms with Crippen LogP contribution in [0.25, 0.3) is 0 Å². The fourth-order valence-corrected chi connectivity index (χ4v) is 2.20. The summed E-state index contributed by atoms with van der Waals surface area (Å²) in [7, 11) is 1.58. The van der Waals surface area contributed by atoms with Gasteiger partial charge < -0.3 is 19.7 Å². The van der Waals surface area contributed by atoms with E-state index in [-0.39, 0.29) is 12.1 Å². The Balaban J connectivity index is 1.67. The summed E-state index contributed by atoms with van der Waals surface area (Å²) in [5, 5.41) is 16.6. The van der Waals surface area contributed by atoms with E-state index in [4.69, 9.17) is 9.26 Å². The van der Waals surface area contributed by atoms with E-state index in [0.29, 0.717) is 37.0 Å². The number of ether oxygens (including phenoxy) is 1. The minimum atomic E-state index is -0.346. The van der Waals surface area contributed by atoms with Crippen LogP contribution >= 0.6 is 0 Å². The molecule has 7 heteroatoms. The standard InChI is InChI=1S/C13H16N4O3/c1-19-12-3-2-8(6-15-12)4-11-16-13(20-17-11)10-5-9(18)7-14-10/h2-3,6,9-10,14,18H,4-5,7H2,1H3/t9-,10-/m1/s1. The maximum atomic E-state index is 9.48. The molecule has 3 heterocycles. The number of β-amino-alcohol motifs (C(OH)–C–C–N with tert-alkyl or cyclic N) is 1. The first-order valence-electron chi connectivity index (χ1n) is 6.47. The summed E-state index contributed by atoms with van der Waals surface area (Å²) in [6.07, 6.45) is 2.54. The van der Waals surface area contributed by atoms with Gasteiger partial charge in [-0.05, 0) is 12.0 Å². The van der Waals surface area contributed by atoms with Crippen LogP contribution in [0.5, 0.6) is 5.88 Å². The van der Waals surface area contributed by atoms with E-state index in [9.17, 15) is 5.11 Å². The quantitative estimate of drug-likeness (QED) is 0.837. The van der Waals surface area contributed by atoms with Crippen LogP contribution in [-0.2, 0) is 6.42 Å². The lowest BCUT2D eigenvalue weighted by Gasteiger charge is -2.01. The lowest BCUT2D eigenvalue weighted by atomic mass is 10.2. The summed E-state index contributed by atoms with van der Waals surface area (Å²) in [6.45, 7) is 0.560. The van der Waals surface area contributed by atoms with Crippen LogP contribution in [0, 0.1) is 0 Å². The topological polar surface area (TPSA) is 93.3 Å². The third-order valence-corrected chi connectivity index (χ3v) is 3.26. The molecule has 3 rings (SSSR count). The van der Waals surface area contributed by atoms with Crippen molar-refractivity contribution in [3.8, 4) is 5.88 Å². The number of methoxy groups -OCH3 is 1. The molecule has 0 aliphatic carbocycles. The van der Waals surface area contributed by atoms with E-state index < -0.39 is 0 Å². The zero-order valence-corrected chi connectivity index (χ0v) is 11.1. The van der Waals surface area contributed by atoms with Gasteiger partial charge >= 0.3 is 0 Å². The summed E-state index contributed by atoms with van der Waals surface area (Å²) in [5.74, 6) is 1.71. The molecule has 0 radical (unpaired) electrons. The molecule has 1 saturated heterocycles. The van der Waals surface area contributed by atoms with E-state index >= 15 is 0 Å². The number of aromatic nitrogens is 3. The Kier molecular flexibility index (Phi) is 3.62. The Morgan fingerprint density at radius 2 is 2.40 bits per heavy atom. The Hall–Kier alpha value is -1.99. The minimum Gasteiger partial charge on any atom is -0.481 e. The van der Waals surface area contributed by atoms with Crippen LogP contribution in [0.4, 0.5) is 0 Å². The number of aliphatic hydroxyl groups is 1. The zero-order chi connectivity index (χ0) is 13.9. The highest BCUT2D eigenvalue weighted by Gasteiger charge is 2.28. The monoisotopic (exact) mass is 276 g/mol. The highest BCUT2D eigenvalue weighted by molar-refractivity contribution is 5.20. The highest BCUT2D eigenvalue weighted by Crippen LogP contribution is 2.22. The van der Waals surface area contributed by atoms with E-state index in [0.717, 1.165) is 5.56 Å². The molecule has 1 aliphatic rings. The first-order valence-corrected chi connectivity index (χ1v) is 6.47. The molecule has 0 amide bonds. The molecule has 2 aromatic heterocycles. The number of hydrogen-bond acceptors (Lipinski definition) is 7. The largest absolute Gasteiger partial charge is 0.481 e. The summed E-state index contributed by atoms with van der Waals surface area (Å²) in [6, 6.07) is 3.66. The van der Waals surface area contributed by atoms with Crippen molar-refractivity contribution < 1.29 is 14.4 Å². The molecule has 7 nitrogen and oxygen atoms in total. The zero-order valence-electron chi connectivity index (χ0n) is 11.1. The molecule has 2 aromatic rings. The van der Waals surface area contributed by atoms with Gasteiger partial charge in [-0.25, -0.2) is 4.98 Å². The van der Waals surface area contributed by atoms with Gasteiger partial charge in [0.05, 0.1) is 19.3 Å². The van der Waals surface area contributed by atoms with E-state index in [1.807, 2.05) is 6.07 Å². The number of aliphatic hydroxyl groups excluding tert-OH is 1. The summed E-state index contributed by atoms with van der Waals surface area (Å²) in [4.78, 5) is 8.49. The molecule has 0 unspecified atom stereocenters. The van der Waals surface area contributed by atoms with Crippen molar-refractivity contribution in [2.24, 2.45) is 0 Å². The summed E-state index contributed by atoms with van der Waals surface area (Å²) >= 11 is 0. The van der Waals surface area contributed by atoms with Crippen molar-refractivity contribution in [2.75, 3.05) is 13.7 Å². The highest BCUT2D eigenvalue weighted by atomic mass is 16.5. The summed E-state index contributed by atoms with van der Waals surface area (Å²) < 4.78 is 10.2. The lowest BCUT2D eigenvalue weighted by molar-refractivity contribution is 0.191. The Morgan fingerprint density at radius 1 is 1.50 bits per heavy atom. The van der Waals surface area contributed by atoms with Gasteiger partial charge in [0.1, 0.15) is 0 Å². The van der Waals surface area contributed by atoms with Crippen molar-refractivity contribution in [3.63, 3.8) is 0 Å². The molecule has 20 heavy (non-hydrogen) atoms. The molecule has 0 bridgehead atoms. The van der Waals surface area contributed by atoms with Gasteiger partial charge in [-0.3, -0.25) is 0 Å². The Bertz CT molecular complexity index is 569. The van der Waals surface area contributed by atoms with Crippen LogP contribution in [-0.4, -0.2) is 40.0 Å². The smallest absolute Gasteiger partial charge is 0.243 e. The molecule has 0 spiro atoms. The van der Waals surface area contributed by atoms with Gasteiger partial charge in [0.2, 0.25) is 11.8 Å². The number of hydrogen-bond donors (Lipinski definition) is 2. The van der Waals surface area contributed by atoms with Crippen molar-refractivity contribution in [1.82, 2.24) is 20.4 Å². The predicted octanol–water partition coefficient (Wildman–Crippen LogP) is 0.459. The Labute approximate surface area is 116 Å². The first-order chi connectivity index (χ1) is 9.74. The number of pyridine rings is 1. The van der Waals surface area contributed by atoms with Gasteiger partial charge in [0.15, 0.2) is 5.82 Å². The predicted molar refractivity (Wildman–Crippen MR) is 69.3 cm³/mol. The van der Waals surface area contributed by atoms with Gasteiger partial charge in [-0.15, -0.1) is 0 Å². The molecule has 2 atom stereocenters. The first kappa shape index (κ1) is 13.0. The average molecular weight is 276 g/mol. The van der Waals surface area contributed by atoms with Crippen molar-refractivity contribution in [2.45, 2.75) is 25.0 Å². The molecular weight excluding hydrogens is 260 g/mol. The molecular formula is C13H16N4O3. The van der Waals surface area contributed by atoms with Crippen molar-refractivity contribution >= 4 is 0 Å². The maximum Gasteiger partial charge on any atom is 0.243 e. The number of rotatable bonds is 4. The molecule has 1 fully saturated rings. The van der Waals surface area contributed by atoms with Crippen molar-refractivity contribution in [3.05, 3.63) is 35.6 Å². The van der Waals surface area contributed by atoms with E-state index in [2.05, 4.69) is 20.4 Å². The van der Waals surface area contributed by atoms with Gasteiger partial charge in [0.25, 0.3) is 0 Å². The number of nitrogens with zero attached hydrogens (tertiary/aromatic N) is 3. The second-order valence-corrected chi connectivity index (χ2v) is 4.78. The minimum absolute atomic E-state index is 0.0553. The van der Waals surface area contributed by atoms with Crippen LogP contribution in [0.3, 0.4) is 0 Å². The fourth-order valence-electron chi connectivity index (χ4n) is 2.20. The van der Waals surface area contributed by atoms with Gasteiger partial charge in [-0.1, -0.05) is 11.2 Å². The Morgan fingerprint density at radius 3 is 3.05 bits per heavy atom.